The van der Waals surface area contributed by atoms with Crippen LogP contribution in [0.15, 0.2) is 30.3 Å². The van der Waals surface area contributed by atoms with Crippen molar-refractivity contribution in [1.82, 2.24) is 0 Å². The van der Waals surface area contributed by atoms with E-state index in [9.17, 15) is 0 Å². The smallest absolute Gasteiger partial charge is 0.197 e. The van der Waals surface area contributed by atoms with Gasteiger partial charge in [0, 0.05) is 6.04 Å². The third kappa shape index (κ3) is 2.10. The molecule has 0 fully saturated rings. The Morgan fingerprint density at radius 3 is 2.50 bits per heavy atom. The van der Waals surface area contributed by atoms with Gasteiger partial charge in [0.15, 0.2) is 7.38 Å². The summed E-state index contributed by atoms with van der Waals surface area (Å²) in [6, 6.07) is 12.5. The lowest BCUT2D eigenvalue weighted by molar-refractivity contribution is 1.46. The number of rotatable bonds is 2. The van der Waals surface area contributed by atoms with E-state index in [0.717, 1.165) is 5.19 Å². The second-order valence-electron chi connectivity index (χ2n) is 2.90. The zero-order valence-corrected chi connectivity index (χ0v) is 8.67. The van der Waals surface area contributed by atoms with Crippen molar-refractivity contribution < 1.29 is 0 Å². The highest BCUT2D eigenvalue weighted by Crippen LogP contribution is 2.13. The molecule has 0 aliphatic heterocycles. The van der Waals surface area contributed by atoms with E-state index in [2.05, 4.69) is 6.07 Å². The molecule has 0 aliphatic rings. The minimum Gasteiger partial charge on any atom is -0.199 e. The fraction of sp³-hybridized carbons (Fsp3) is 0.222. The Hall–Kier alpha value is -0.783. The quantitative estimate of drug-likeness (QED) is 0.525. The van der Waals surface area contributed by atoms with Gasteiger partial charge in [-0.2, -0.15) is 16.3 Å². The van der Waals surface area contributed by atoms with E-state index in [-0.39, 0.29) is 0 Å². The zero-order valence-electron chi connectivity index (χ0n) is 6.92. The van der Waals surface area contributed by atoms with Crippen LogP contribution in [0, 0.1) is 11.3 Å². The Morgan fingerprint density at radius 1 is 1.42 bits per heavy atom. The van der Waals surface area contributed by atoms with Gasteiger partial charge in [0.05, 0.1) is 6.07 Å². The van der Waals surface area contributed by atoms with E-state index < -0.39 is 7.38 Å². The molecule has 0 saturated heterocycles. The summed E-state index contributed by atoms with van der Waals surface area (Å²) in [6.07, 6.45) is 0. The van der Waals surface area contributed by atoms with Crippen LogP contribution in [0.5, 0.6) is 0 Å². The van der Waals surface area contributed by atoms with Crippen molar-refractivity contribution >= 4 is 23.6 Å². The van der Waals surface area contributed by atoms with Crippen LogP contribution in [0.1, 0.15) is 0 Å². The maximum Gasteiger partial charge on any atom is 0.197 e. The second-order valence-corrected chi connectivity index (χ2v) is 8.73. The SMILES string of the molecule is C[Si](Cl)(CC#N)c1ccccc1. The summed E-state index contributed by atoms with van der Waals surface area (Å²) in [6.45, 7) is 1.99. The molecule has 0 bridgehead atoms. The summed E-state index contributed by atoms with van der Waals surface area (Å²) in [5.41, 5.74) is 0. The number of halogens is 1. The van der Waals surface area contributed by atoms with Crippen LogP contribution in [0.25, 0.3) is 0 Å². The summed E-state index contributed by atoms with van der Waals surface area (Å²) in [4.78, 5) is 0. The minimum absolute atomic E-state index is 0.471. The largest absolute Gasteiger partial charge is 0.199 e. The second kappa shape index (κ2) is 3.75. The summed E-state index contributed by atoms with van der Waals surface area (Å²) in [5.74, 6) is 0. The molecule has 0 N–H and O–H groups in total. The summed E-state index contributed by atoms with van der Waals surface area (Å²) in [5, 5.41) is 9.70. The predicted molar refractivity (Wildman–Crippen MR) is 54.0 cm³/mol. The Labute approximate surface area is 78.3 Å². The molecule has 1 aromatic rings. The molecule has 1 aromatic carbocycles. The normalized spacial score (nSPS) is 14.8. The van der Waals surface area contributed by atoms with Crippen LogP contribution in [-0.2, 0) is 0 Å². The average molecular weight is 196 g/mol. The maximum atomic E-state index is 8.56. The Bertz CT molecular complexity index is 289. The van der Waals surface area contributed by atoms with E-state index >= 15 is 0 Å². The fourth-order valence-corrected chi connectivity index (χ4v) is 2.98. The van der Waals surface area contributed by atoms with Gasteiger partial charge in [0.2, 0.25) is 0 Å². The molecule has 0 aromatic heterocycles. The van der Waals surface area contributed by atoms with E-state index in [0.29, 0.717) is 6.04 Å². The maximum absolute atomic E-state index is 8.56. The van der Waals surface area contributed by atoms with Crippen molar-refractivity contribution in [3.05, 3.63) is 30.3 Å². The van der Waals surface area contributed by atoms with Gasteiger partial charge >= 0.3 is 0 Å². The molecule has 1 rings (SSSR count). The van der Waals surface area contributed by atoms with Crippen molar-refractivity contribution in [2.45, 2.75) is 12.6 Å². The number of hydrogen-bond donors (Lipinski definition) is 0. The fourth-order valence-electron chi connectivity index (χ4n) is 1.04. The molecule has 3 heteroatoms. The number of benzene rings is 1. The van der Waals surface area contributed by atoms with Crippen molar-refractivity contribution in [2.75, 3.05) is 0 Å². The first-order valence-corrected chi connectivity index (χ1v) is 7.50. The van der Waals surface area contributed by atoms with E-state index in [4.69, 9.17) is 16.3 Å². The van der Waals surface area contributed by atoms with Crippen LogP contribution in [0.3, 0.4) is 0 Å². The van der Waals surface area contributed by atoms with Crippen LogP contribution >= 0.6 is 11.1 Å². The lowest BCUT2D eigenvalue weighted by Crippen LogP contribution is -2.37. The highest BCUT2D eigenvalue weighted by atomic mass is 35.6. The van der Waals surface area contributed by atoms with E-state index in [1.165, 1.54) is 0 Å². The van der Waals surface area contributed by atoms with Crippen LogP contribution in [-0.4, -0.2) is 7.38 Å². The van der Waals surface area contributed by atoms with Gasteiger partial charge in [-0.05, 0) is 5.19 Å². The van der Waals surface area contributed by atoms with Gasteiger partial charge in [-0.25, -0.2) is 0 Å². The van der Waals surface area contributed by atoms with Gasteiger partial charge in [-0.15, -0.1) is 0 Å². The number of nitriles is 1. The molecular weight excluding hydrogens is 186 g/mol. The first kappa shape index (κ1) is 9.31. The summed E-state index contributed by atoms with van der Waals surface area (Å²) in [7, 11) is -1.97. The third-order valence-electron chi connectivity index (χ3n) is 1.79. The molecule has 62 valence electrons. The van der Waals surface area contributed by atoms with E-state index in [1.54, 1.807) is 0 Å². The molecule has 0 radical (unpaired) electrons. The first-order chi connectivity index (χ1) is 5.67. The van der Waals surface area contributed by atoms with Crippen molar-refractivity contribution in [3.8, 4) is 6.07 Å². The Kier molecular flexibility index (Phi) is 2.91. The van der Waals surface area contributed by atoms with Crippen molar-refractivity contribution in [1.29, 1.82) is 5.26 Å². The van der Waals surface area contributed by atoms with Gasteiger partial charge < -0.3 is 0 Å². The minimum atomic E-state index is -1.97. The number of hydrogen-bond acceptors (Lipinski definition) is 1. The zero-order chi connectivity index (χ0) is 9.03. The summed E-state index contributed by atoms with van der Waals surface area (Å²) < 4.78 is 0. The standard InChI is InChI=1S/C9H10ClNSi/c1-12(10,8-7-11)9-5-3-2-4-6-9/h2-6H,8H2,1H3. The third-order valence-corrected chi connectivity index (χ3v) is 5.20. The lowest BCUT2D eigenvalue weighted by Gasteiger charge is -2.15. The van der Waals surface area contributed by atoms with Crippen LogP contribution in [0.2, 0.25) is 12.6 Å². The molecule has 0 heterocycles. The molecule has 0 saturated carbocycles. The van der Waals surface area contributed by atoms with Crippen LogP contribution in [0.4, 0.5) is 0 Å². The average Bonchev–Trinajstić information content (AvgIpc) is 2.06. The molecule has 0 spiro atoms. The molecule has 1 atom stereocenters. The Morgan fingerprint density at radius 2 is 2.00 bits per heavy atom. The summed E-state index contributed by atoms with van der Waals surface area (Å²) >= 11 is 6.28. The predicted octanol–water partition coefficient (Wildman–Crippen LogP) is 2.23. The monoisotopic (exact) mass is 195 g/mol. The Balaban J connectivity index is 2.91. The van der Waals surface area contributed by atoms with E-state index in [1.807, 2.05) is 36.9 Å². The van der Waals surface area contributed by atoms with Gasteiger partial charge in [-0.1, -0.05) is 36.9 Å². The first-order valence-electron chi connectivity index (χ1n) is 3.78. The molecular formula is C9H10ClNSi. The highest BCUT2D eigenvalue weighted by Gasteiger charge is 2.26. The van der Waals surface area contributed by atoms with Crippen LogP contribution < -0.4 is 5.19 Å². The number of nitrogens with zero attached hydrogens (tertiary/aromatic N) is 1. The molecule has 1 unspecified atom stereocenters. The molecule has 0 aliphatic carbocycles. The molecule has 1 nitrogen and oxygen atoms in total. The highest BCUT2D eigenvalue weighted by molar-refractivity contribution is 7.27. The topological polar surface area (TPSA) is 23.8 Å². The van der Waals surface area contributed by atoms with Crippen molar-refractivity contribution in [3.63, 3.8) is 0 Å². The molecule has 12 heavy (non-hydrogen) atoms. The van der Waals surface area contributed by atoms with Crippen molar-refractivity contribution in [2.24, 2.45) is 0 Å². The van der Waals surface area contributed by atoms with Gasteiger partial charge in [0.25, 0.3) is 0 Å². The molecule has 0 amide bonds. The van der Waals surface area contributed by atoms with Gasteiger partial charge in [-0.3, -0.25) is 0 Å². The van der Waals surface area contributed by atoms with Gasteiger partial charge in [0.1, 0.15) is 0 Å². The lowest BCUT2D eigenvalue weighted by atomic mass is 10.4.